The van der Waals surface area contributed by atoms with E-state index in [4.69, 9.17) is 4.74 Å². The number of carbonyl (C=O) groups is 1. The fourth-order valence-electron chi connectivity index (χ4n) is 5.47. The number of aryl methyl sites for hydroxylation is 1. The van der Waals surface area contributed by atoms with Crippen molar-refractivity contribution in [3.63, 3.8) is 0 Å². The highest BCUT2D eigenvalue weighted by Gasteiger charge is 2.57. The summed E-state index contributed by atoms with van der Waals surface area (Å²) in [5.74, 6) is -1.27. The number of amides is 1. The van der Waals surface area contributed by atoms with Crippen molar-refractivity contribution >= 4 is 11.6 Å². The van der Waals surface area contributed by atoms with Gasteiger partial charge >= 0.3 is 0 Å². The third kappa shape index (κ3) is 3.14. The fraction of sp³-hybridized carbons (Fsp3) is 0.167. The Labute approximate surface area is 208 Å². The van der Waals surface area contributed by atoms with Gasteiger partial charge in [-0.2, -0.15) is 0 Å². The molecule has 180 valence electrons. The second-order valence-corrected chi connectivity index (χ2v) is 9.27. The van der Waals surface area contributed by atoms with E-state index in [0.29, 0.717) is 30.0 Å². The van der Waals surface area contributed by atoms with E-state index in [-0.39, 0.29) is 16.9 Å². The number of phenols is 1. The van der Waals surface area contributed by atoms with E-state index in [0.717, 1.165) is 16.7 Å². The van der Waals surface area contributed by atoms with Crippen LogP contribution in [0.5, 0.6) is 11.5 Å². The topological polar surface area (TPSA) is 70.0 Å². The van der Waals surface area contributed by atoms with Crippen molar-refractivity contribution in [1.82, 2.24) is 0 Å². The van der Waals surface area contributed by atoms with E-state index in [1.807, 2.05) is 60.7 Å². The molecule has 1 amide bonds. The van der Waals surface area contributed by atoms with Crippen molar-refractivity contribution in [2.75, 3.05) is 11.5 Å². The van der Waals surface area contributed by atoms with Crippen LogP contribution in [-0.4, -0.2) is 22.7 Å². The Hall–Kier alpha value is -4.16. The lowest BCUT2D eigenvalue weighted by Crippen LogP contribution is -2.43. The van der Waals surface area contributed by atoms with Crippen LogP contribution >= 0.6 is 0 Å². The number of hydrogen-bond donors (Lipinski definition) is 2. The van der Waals surface area contributed by atoms with Gasteiger partial charge in [0.05, 0.1) is 23.9 Å². The van der Waals surface area contributed by atoms with Gasteiger partial charge < -0.3 is 14.9 Å². The number of rotatable bonds is 4. The molecule has 0 spiro atoms. The predicted molar refractivity (Wildman–Crippen MR) is 134 cm³/mol. The number of aromatic hydroxyl groups is 1. The lowest BCUT2D eigenvalue weighted by molar-refractivity contribution is -0.132. The normalized spacial score (nSPS) is 18.3. The van der Waals surface area contributed by atoms with Gasteiger partial charge in [-0.25, -0.2) is 4.39 Å². The van der Waals surface area contributed by atoms with Crippen molar-refractivity contribution in [2.24, 2.45) is 0 Å². The van der Waals surface area contributed by atoms with Crippen LogP contribution in [0.1, 0.15) is 39.4 Å². The zero-order valence-electron chi connectivity index (χ0n) is 19.6. The van der Waals surface area contributed by atoms with Crippen molar-refractivity contribution in [3.05, 3.63) is 124 Å². The first-order valence-electron chi connectivity index (χ1n) is 11.9. The molecule has 0 radical (unpaired) electrons. The van der Waals surface area contributed by atoms with Gasteiger partial charge in [-0.1, -0.05) is 66.7 Å². The van der Waals surface area contributed by atoms with Gasteiger partial charge in [-0.3, -0.25) is 9.69 Å². The molecule has 4 aromatic rings. The zero-order chi connectivity index (χ0) is 25.0. The maximum atomic E-state index is 15.6. The van der Waals surface area contributed by atoms with Crippen molar-refractivity contribution in [1.29, 1.82) is 0 Å². The summed E-state index contributed by atoms with van der Waals surface area (Å²) in [5, 5.41) is 23.1. The summed E-state index contributed by atoms with van der Waals surface area (Å²) < 4.78 is 21.2. The number of anilines is 1. The quantitative estimate of drug-likeness (QED) is 0.423. The first kappa shape index (κ1) is 22.3. The molecule has 6 heteroatoms. The lowest BCUT2D eigenvalue weighted by Gasteiger charge is -2.32. The van der Waals surface area contributed by atoms with Crippen LogP contribution in [0.2, 0.25) is 0 Å². The Morgan fingerprint density at radius 3 is 2.25 bits per heavy atom. The Bertz CT molecular complexity index is 1450. The van der Waals surface area contributed by atoms with E-state index in [9.17, 15) is 15.0 Å². The Kier molecular flexibility index (Phi) is 5.09. The average molecular weight is 482 g/mol. The predicted octanol–water partition coefficient (Wildman–Crippen LogP) is 5.15. The van der Waals surface area contributed by atoms with Gasteiger partial charge in [0.25, 0.3) is 5.91 Å². The monoisotopic (exact) mass is 481 g/mol. The van der Waals surface area contributed by atoms with E-state index in [1.165, 1.54) is 17.0 Å². The minimum Gasteiger partial charge on any atom is -0.507 e. The molecule has 1 atom stereocenters. The van der Waals surface area contributed by atoms with Gasteiger partial charge in [0, 0.05) is 18.1 Å². The van der Waals surface area contributed by atoms with Crippen LogP contribution in [0.15, 0.2) is 84.9 Å². The summed E-state index contributed by atoms with van der Waals surface area (Å²) in [6.45, 7) is 2.22. The molecule has 0 bridgehead atoms. The van der Waals surface area contributed by atoms with Crippen LogP contribution in [-0.2, 0) is 16.8 Å². The SMILES string of the molecule is Cc1ccc(F)c2c1N(C(c1ccccc1)c1ccccc1)C(=O)C2(O)c1cc2c(cc1O)OCC2. The molecule has 1 unspecified atom stereocenters. The molecule has 5 nitrogen and oxygen atoms in total. The second-order valence-electron chi connectivity index (χ2n) is 9.27. The first-order chi connectivity index (χ1) is 17.4. The molecular weight excluding hydrogens is 457 g/mol. The molecule has 36 heavy (non-hydrogen) atoms. The largest absolute Gasteiger partial charge is 0.507 e. The average Bonchev–Trinajstić information content (AvgIpc) is 3.44. The van der Waals surface area contributed by atoms with Gasteiger partial charge in [0.1, 0.15) is 17.3 Å². The highest BCUT2D eigenvalue weighted by atomic mass is 19.1. The molecule has 2 heterocycles. The zero-order valence-corrected chi connectivity index (χ0v) is 19.6. The Balaban J connectivity index is 1.64. The number of aliphatic hydroxyl groups is 1. The van der Waals surface area contributed by atoms with E-state index in [1.54, 1.807) is 19.1 Å². The van der Waals surface area contributed by atoms with Crippen LogP contribution in [0, 0.1) is 12.7 Å². The second kappa shape index (κ2) is 8.21. The van der Waals surface area contributed by atoms with E-state index < -0.39 is 23.4 Å². The third-order valence-corrected chi connectivity index (χ3v) is 7.15. The van der Waals surface area contributed by atoms with Crippen LogP contribution in [0.3, 0.4) is 0 Å². The van der Waals surface area contributed by atoms with Gasteiger partial charge in [0.2, 0.25) is 5.60 Å². The number of nitrogens with zero attached hydrogens (tertiary/aromatic N) is 1. The number of phenolic OH excluding ortho intramolecular Hbond substituents is 1. The van der Waals surface area contributed by atoms with Crippen LogP contribution < -0.4 is 9.64 Å². The Morgan fingerprint density at radius 1 is 0.972 bits per heavy atom. The van der Waals surface area contributed by atoms with Crippen LogP contribution in [0.25, 0.3) is 0 Å². The van der Waals surface area contributed by atoms with E-state index in [2.05, 4.69) is 0 Å². The number of halogens is 1. The summed E-state index contributed by atoms with van der Waals surface area (Å²) >= 11 is 0. The molecule has 6 rings (SSSR count). The van der Waals surface area contributed by atoms with E-state index >= 15 is 4.39 Å². The summed E-state index contributed by atoms with van der Waals surface area (Å²) in [6.07, 6.45) is 0.566. The maximum Gasteiger partial charge on any atom is 0.269 e. The van der Waals surface area contributed by atoms with Crippen molar-refractivity contribution in [3.8, 4) is 11.5 Å². The molecule has 2 aliphatic rings. The molecule has 4 aromatic carbocycles. The minimum atomic E-state index is -2.42. The molecule has 2 N–H and O–H groups in total. The molecule has 0 fully saturated rings. The molecule has 0 aliphatic carbocycles. The molecule has 0 saturated carbocycles. The molecule has 2 aliphatic heterocycles. The number of hydrogen-bond acceptors (Lipinski definition) is 4. The number of carbonyl (C=O) groups excluding carboxylic acids is 1. The fourth-order valence-corrected chi connectivity index (χ4v) is 5.47. The smallest absolute Gasteiger partial charge is 0.269 e. The van der Waals surface area contributed by atoms with Gasteiger partial charge in [0.15, 0.2) is 0 Å². The van der Waals surface area contributed by atoms with Crippen molar-refractivity contribution in [2.45, 2.75) is 25.0 Å². The van der Waals surface area contributed by atoms with Crippen LogP contribution in [0.4, 0.5) is 10.1 Å². The van der Waals surface area contributed by atoms with Gasteiger partial charge in [-0.05, 0) is 41.3 Å². The molecular formula is C30H24FNO4. The summed E-state index contributed by atoms with van der Waals surface area (Å²) in [6, 6.07) is 24.1. The summed E-state index contributed by atoms with van der Waals surface area (Å²) in [4.78, 5) is 15.9. The third-order valence-electron chi connectivity index (χ3n) is 7.15. The Morgan fingerprint density at radius 2 is 1.61 bits per heavy atom. The molecule has 0 aromatic heterocycles. The summed E-state index contributed by atoms with van der Waals surface area (Å²) in [5.41, 5.74) is 0.676. The summed E-state index contributed by atoms with van der Waals surface area (Å²) in [7, 11) is 0. The highest BCUT2D eigenvalue weighted by Crippen LogP contribution is 2.53. The number of ether oxygens (including phenoxy) is 1. The number of fused-ring (bicyclic) bond motifs is 2. The molecule has 0 saturated heterocycles. The number of benzene rings is 4. The maximum absolute atomic E-state index is 15.6. The standard InChI is InChI=1S/C30H24FNO4/c1-18-12-13-23(31)26-27(18)32(28(19-8-4-2-5-9-19)20-10-6-3-7-11-20)29(34)30(26,35)22-16-21-14-15-36-25(21)17-24(22)33/h2-13,16-17,28,33,35H,14-15H2,1H3. The van der Waals surface area contributed by atoms with Gasteiger partial charge in [-0.15, -0.1) is 0 Å². The highest BCUT2D eigenvalue weighted by molar-refractivity contribution is 6.11. The first-order valence-corrected chi connectivity index (χ1v) is 11.9. The van der Waals surface area contributed by atoms with Crippen molar-refractivity contribution < 1.29 is 24.1 Å². The minimum absolute atomic E-state index is 0.0510. The lowest BCUT2D eigenvalue weighted by atomic mass is 9.84.